The maximum absolute atomic E-state index is 12.5. The molecule has 0 aromatic heterocycles. The number of nitrogens with zero attached hydrogens (tertiary/aromatic N) is 1. The predicted octanol–water partition coefficient (Wildman–Crippen LogP) is 2.49. The third-order valence-electron chi connectivity index (χ3n) is 3.50. The quantitative estimate of drug-likeness (QED) is 0.906. The minimum atomic E-state index is -0.487. The highest BCUT2D eigenvalue weighted by Crippen LogP contribution is 2.44. The van der Waals surface area contributed by atoms with E-state index in [4.69, 9.17) is 9.47 Å². The zero-order valence-electron chi connectivity index (χ0n) is 13.0. The van der Waals surface area contributed by atoms with Gasteiger partial charge >= 0.3 is 0 Å². The molecule has 1 atom stereocenters. The molecule has 5 heteroatoms. The van der Waals surface area contributed by atoms with Crippen molar-refractivity contribution in [2.75, 3.05) is 11.5 Å². The van der Waals surface area contributed by atoms with E-state index in [1.54, 1.807) is 17.0 Å². The summed E-state index contributed by atoms with van der Waals surface area (Å²) in [4.78, 5) is 14.3. The molecule has 1 aliphatic heterocycles. The summed E-state index contributed by atoms with van der Waals surface area (Å²) >= 11 is 0. The molecule has 0 saturated carbocycles. The smallest absolute Gasteiger partial charge is 0.268 e. The van der Waals surface area contributed by atoms with Gasteiger partial charge in [-0.3, -0.25) is 4.79 Å². The van der Waals surface area contributed by atoms with Gasteiger partial charge < -0.3 is 19.5 Å². The van der Waals surface area contributed by atoms with Crippen LogP contribution in [-0.4, -0.2) is 29.8 Å². The molecular weight excluding hydrogens is 270 g/mol. The molecule has 1 N–H and O–H groups in total. The van der Waals surface area contributed by atoms with Gasteiger partial charge in [0.05, 0.1) is 18.9 Å². The normalized spacial score (nSPS) is 17.7. The SMILES string of the molecule is CCOc1cc(CO)cc2c1OC(CC)C(=O)N2C(C)C. The molecule has 1 heterocycles. The molecule has 2 rings (SSSR count). The van der Waals surface area contributed by atoms with Crippen molar-refractivity contribution in [1.29, 1.82) is 0 Å². The molecule has 0 radical (unpaired) electrons. The first-order chi connectivity index (χ1) is 10.0. The topological polar surface area (TPSA) is 59.0 Å². The number of rotatable bonds is 5. The van der Waals surface area contributed by atoms with Crippen molar-refractivity contribution in [3.05, 3.63) is 17.7 Å². The van der Waals surface area contributed by atoms with E-state index in [-0.39, 0.29) is 18.6 Å². The average molecular weight is 293 g/mol. The molecular formula is C16H23NO4. The van der Waals surface area contributed by atoms with E-state index in [9.17, 15) is 9.90 Å². The highest BCUT2D eigenvalue weighted by Gasteiger charge is 2.36. The minimum absolute atomic E-state index is 0.0117. The highest BCUT2D eigenvalue weighted by molar-refractivity contribution is 6.01. The molecule has 116 valence electrons. The standard InChI is InChI=1S/C16H23NO4/c1-5-13-16(19)17(10(3)4)12-7-11(9-18)8-14(20-6-2)15(12)21-13/h7-8,10,13,18H,5-6,9H2,1-4H3. The number of aliphatic hydroxyl groups is 1. The number of fused-ring (bicyclic) bond motifs is 1. The van der Waals surface area contributed by atoms with E-state index in [1.807, 2.05) is 27.7 Å². The molecule has 0 aliphatic carbocycles. The lowest BCUT2D eigenvalue weighted by molar-refractivity contribution is -0.126. The van der Waals surface area contributed by atoms with Crippen LogP contribution in [0.5, 0.6) is 11.5 Å². The fraction of sp³-hybridized carbons (Fsp3) is 0.562. The number of aliphatic hydroxyl groups excluding tert-OH is 1. The van der Waals surface area contributed by atoms with Gasteiger partial charge in [-0.1, -0.05) is 6.92 Å². The summed E-state index contributed by atoms with van der Waals surface area (Å²) in [5.41, 5.74) is 1.38. The zero-order chi connectivity index (χ0) is 15.6. The van der Waals surface area contributed by atoms with Crippen molar-refractivity contribution >= 4 is 11.6 Å². The predicted molar refractivity (Wildman–Crippen MR) is 80.9 cm³/mol. The number of anilines is 1. The third kappa shape index (κ3) is 2.83. The van der Waals surface area contributed by atoms with Crippen LogP contribution in [-0.2, 0) is 11.4 Å². The fourth-order valence-corrected chi connectivity index (χ4v) is 2.55. The molecule has 1 aliphatic rings. The molecule has 0 fully saturated rings. The van der Waals surface area contributed by atoms with Crippen molar-refractivity contribution in [3.8, 4) is 11.5 Å². The second-order valence-corrected chi connectivity index (χ2v) is 5.35. The summed E-state index contributed by atoms with van der Waals surface area (Å²) < 4.78 is 11.5. The van der Waals surface area contributed by atoms with Gasteiger partial charge in [-0.2, -0.15) is 0 Å². The van der Waals surface area contributed by atoms with Gasteiger partial charge in [0.2, 0.25) is 0 Å². The van der Waals surface area contributed by atoms with Crippen LogP contribution in [0.3, 0.4) is 0 Å². The number of ether oxygens (including phenoxy) is 2. The summed E-state index contributed by atoms with van der Waals surface area (Å²) in [6.45, 7) is 8.14. The van der Waals surface area contributed by atoms with Crippen molar-refractivity contribution < 1.29 is 19.4 Å². The van der Waals surface area contributed by atoms with Crippen LogP contribution in [0.15, 0.2) is 12.1 Å². The highest BCUT2D eigenvalue weighted by atomic mass is 16.5. The van der Waals surface area contributed by atoms with E-state index < -0.39 is 6.10 Å². The molecule has 5 nitrogen and oxygen atoms in total. The lowest BCUT2D eigenvalue weighted by Gasteiger charge is -2.37. The Bertz CT molecular complexity index is 527. The molecule has 0 spiro atoms. The molecule has 0 saturated heterocycles. The second kappa shape index (κ2) is 6.35. The number of hydrogen-bond acceptors (Lipinski definition) is 4. The summed E-state index contributed by atoms with van der Waals surface area (Å²) in [5, 5.41) is 9.42. The van der Waals surface area contributed by atoms with Crippen molar-refractivity contribution in [2.24, 2.45) is 0 Å². The number of carbonyl (C=O) groups is 1. The maximum Gasteiger partial charge on any atom is 0.268 e. The maximum atomic E-state index is 12.5. The van der Waals surface area contributed by atoms with Crippen LogP contribution in [0, 0.1) is 0 Å². The van der Waals surface area contributed by atoms with Crippen molar-refractivity contribution in [2.45, 2.75) is 52.9 Å². The molecule has 1 aromatic carbocycles. The Hall–Kier alpha value is -1.75. The van der Waals surface area contributed by atoms with Crippen LogP contribution >= 0.6 is 0 Å². The van der Waals surface area contributed by atoms with Crippen LogP contribution < -0.4 is 14.4 Å². The van der Waals surface area contributed by atoms with E-state index in [0.29, 0.717) is 35.8 Å². The van der Waals surface area contributed by atoms with Crippen LogP contribution in [0.2, 0.25) is 0 Å². The van der Waals surface area contributed by atoms with Crippen LogP contribution in [0.25, 0.3) is 0 Å². The van der Waals surface area contributed by atoms with Gasteiger partial charge in [-0.15, -0.1) is 0 Å². The molecule has 1 aromatic rings. The van der Waals surface area contributed by atoms with Gasteiger partial charge in [0.1, 0.15) is 0 Å². The molecule has 1 unspecified atom stereocenters. The lowest BCUT2D eigenvalue weighted by Crippen LogP contribution is -2.49. The third-order valence-corrected chi connectivity index (χ3v) is 3.50. The van der Waals surface area contributed by atoms with Gasteiger partial charge in [-0.05, 0) is 44.9 Å². The zero-order valence-corrected chi connectivity index (χ0v) is 13.0. The average Bonchev–Trinajstić information content (AvgIpc) is 2.46. The van der Waals surface area contributed by atoms with E-state index in [2.05, 4.69) is 0 Å². The summed E-state index contributed by atoms with van der Waals surface area (Å²) in [7, 11) is 0. The Labute approximate surface area is 125 Å². The van der Waals surface area contributed by atoms with Gasteiger partial charge in [0.15, 0.2) is 17.6 Å². The Balaban J connectivity index is 2.60. The molecule has 0 bridgehead atoms. The van der Waals surface area contributed by atoms with Crippen LogP contribution in [0.1, 0.15) is 39.7 Å². The van der Waals surface area contributed by atoms with Gasteiger partial charge in [0, 0.05) is 6.04 Å². The van der Waals surface area contributed by atoms with Gasteiger partial charge in [-0.25, -0.2) is 0 Å². The number of benzene rings is 1. The fourth-order valence-electron chi connectivity index (χ4n) is 2.55. The second-order valence-electron chi connectivity index (χ2n) is 5.35. The van der Waals surface area contributed by atoms with E-state index in [0.717, 1.165) is 0 Å². The van der Waals surface area contributed by atoms with E-state index in [1.165, 1.54) is 0 Å². The molecule has 21 heavy (non-hydrogen) atoms. The summed E-state index contributed by atoms with van der Waals surface area (Å²) in [5.74, 6) is 1.13. The first-order valence-electron chi connectivity index (χ1n) is 7.43. The Morgan fingerprint density at radius 2 is 2.10 bits per heavy atom. The van der Waals surface area contributed by atoms with E-state index >= 15 is 0 Å². The van der Waals surface area contributed by atoms with Crippen molar-refractivity contribution in [3.63, 3.8) is 0 Å². The monoisotopic (exact) mass is 293 g/mol. The Morgan fingerprint density at radius 1 is 1.38 bits per heavy atom. The first kappa shape index (κ1) is 15.6. The lowest BCUT2D eigenvalue weighted by atomic mass is 10.1. The number of hydrogen-bond donors (Lipinski definition) is 1. The van der Waals surface area contributed by atoms with Crippen molar-refractivity contribution in [1.82, 2.24) is 0 Å². The number of carbonyl (C=O) groups excluding carboxylic acids is 1. The summed E-state index contributed by atoms with van der Waals surface area (Å²) in [6, 6.07) is 3.57. The largest absolute Gasteiger partial charge is 0.490 e. The summed E-state index contributed by atoms with van der Waals surface area (Å²) in [6.07, 6.45) is 0.119. The minimum Gasteiger partial charge on any atom is -0.490 e. The Kier molecular flexibility index (Phi) is 4.73. The van der Waals surface area contributed by atoms with Crippen LogP contribution in [0.4, 0.5) is 5.69 Å². The first-order valence-corrected chi connectivity index (χ1v) is 7.43. The van der Waals surface area contributed by atoms with Gasteiger partial charge in [0.25, 0.3) is 5.91 Å². The Morgan fingerprint density at radius 3 is 2.62 bits per heavy atom. The molecule has 1 amide bonds. The number of amides is 1.